The van der Waals surface area contributed by atoms with Gasteiger partial charge in [0, 0.05) is 25.7 Å². The van der Waals surface area contributed by atoms with E-state index in [9.17, 15) is 13.5 Å². The van der Waals surface area contributed by atoms with Crippen LogP contribution in [-0.2, 0) is 10.0 Å². The Bertz CT molecular complexity index is 339. The van der Waals surface area contributed by atoms with Gasteiger partial charge in [0.05, 0.1) is 11.4 Å². The van der Waals surface area contributed by atoms with Gasteiger partial charge in [-0.25, -0.2) is 8.42 Å². The van der Waals surface area contributed by atoms with Crippen molar-refractivity contribution in [3.63, 3.8) is 0 Å². The van der Waals surface area contributed by atoms with E-state index in [0.29, 0.717) is 19.5 Å². The number of sulfonamides is 1. The quantitative estimate of drug-likeness (QED) is 0.742. The van der Waals surface area contributed by atoms with Crippen molar-refractivity contribution < 1.29 is 13.5 Å². The standard InChI is InChI=1S/C11H24N2O3S/c1-10(2)12-6-8-17(15,16)13-7-4-5-11(3,14)9-13/h10,12,14H,4-9H2,1-3H3. The molecule has 0 aromatic rings. The summed E-state index contributed by atoms with van der Waals surface area (Å²) in [5.74, 6) is 0.0985. The molecule has 1 aliphatic heterocycles. The molecule has 6 heteroatoms. The summed E-state index contributed by atoms with van der Waals surface area (Å²) in [6.07, 6.45) is 1.40. The van der Waals surface area contributed by atoms with Crippen molar-refractivity contribution in [1.82, 2.24) is 9.62 Å². The van der Waals surface area contributed by atoms with E-state index in [0.717, 1.165) is 6.42 Å². The largest absolute Gasteiger partial charge is 0.389 e. The molecule has 0 aliphatic carbocycles. The third kappa shape index (κ3) is 4.91. The first kappa shape index (κ1) is 14.9. The molecule has 0 aromatic carbocycles. The van der Waals surface area contributed by atoms with Crippen LogP contribution in [0.4, 0.5) is 0 Å². The zero-order valence-electron chi connectivity index (χ0n) is 10.9. The van der Waals surface area contributed by atoms with Gasteiger partial charge < -0.3 is 10.4 Å². The van der Waals surface area contributed by atoms with Gasteiger partial charge in [-0.15, -0.1) is 0 Å². The lowest BCUT2D eigenvalue weighted by molar-refractivity contribution is 0.00941. The number of piperidine rings is 1. The maximum Gasteiger partial charge on any atom is 0.215 e. The SMILES string of the molecule is CC(C)NCCS(=O)(=O)N1CCCC(C)(O)C1. The molecule has 5 nitrogen and oxygen atoms in total. The van der Waals surface area contributed by atoms with Crippen LogP contribution in [0.15, 0.2) is 0 Å². The van der Waals surface area contributed by atoms with Crippen molar-refractivity contribution in [3.05, 3.63) is 0 Å². The van der Waals surface area contributed by atoms with Gasteiger partial charge in [-0.3, -0.25) is 0 Å². The zero-order valence-corrected chi connectivity index (χ0v) is 11.8. The van der Waals surface area contributed by atoms with Gasteiger partial charge >= 0.3 is 0 Å². The van der Waals surface area contributed by atoms with Gasteiger partial charge in [-0.1, -0.05) is 13.8 Å². The predicted octanol–water partition coefficient (Wildman–Crippen LogP) is 0.161. The number of nitrogens with one attached hydrogen (secondary N) is 1. The van der Waals surface area contributed by atoms with Crippen LogP contribution in [0.2, 0.25) is 0 Å². The van der Waals surface area contributed by atoms with Crippen LogP contribution in [0.5, 0.6) is 0 Å². The summed E-state index contributed by atoms with van der Waals surface area (Å²) in [7, 11) is -3.24. The monoisotopic (exact) mass is 264 g/mol. The Labute approximate surface area is 104 Å². The number of β-amino-alcohol motifs (C(OH)–C–C–N with tert-alkyl or cyclic N) is 1. The maximum absolute atomic E-state index is 12.0. The van der Waals surface area contributed by atoms with Crippen LogP contribution in [0.25, 0.3) is 0 Å². The maximum atomic E-state index is 12.0. The lowest BCUT2D eigenvalue weighted by Gasteiger charge is -2.36. The molecule has 0 spiro atoms. The van der Waals surface area contributed by atoms with Gasteiger partial charge in [-0.05, 0) is 19.8 Å². The van der Waals surface area contributed by atoms with Crippen molar-refractivity contribution in [2.24, 2.45) is 0 Å². The Hall–Kier alpha value is -0.170. The number of hydrogen-bond acceptors (Lipinski definition) is 4. The predicted molar refractivity (Wildman–Crippen MR) is 68.4 cm³/mol. The van der Waals surface area contributed by atoms with Crippen LogP contribution in [0.1, 0.15) is 33.6 Å². The molecular formula is C11H24N2O3S. The van der Waals surface area contributed by atoms with E-state index in [1.807, 2.05) is 13.8 Å². The fraction of sp³-hybridized carbons (Fsp3) is 1.00. The van der Waals surface area contributed by atoms with Gasteiger partial charge in [0.1, 0.15) is 0 Å². The van der Waals surface area contributed by atoms with Crippen molar-refractivity contribution in [1.29, 1.82) is 0 Å². The Morgan fingerprint density at radius 1 is 1.47 bits per heavy atom. The van der Waals surface area contributed by atoms with Gasteiger partial charge in [0.2, 0.25) is 10.0 Å². The minimum absolute atomic E-state index is 0.0985. The van der Waals surface area contributed by atoms with E-state index in [2.05, 4.69) is 5.32 Å². The highest BCUT2D eigenvalue weighted by atomic mass is 32.2. The summed E-state index contributed by atoms with van der Waals surface area (Å²) in [4.78, 5) is 0. The van der Waals surface area contributed by atoms with Crippen LogP contribution < -0.4 is 5.32 Å². The second-order valence-electron chi connectivity index (χ2n) is 5.36. The van der Waals surface area contributed by atoms with Crippen molar-refractivity contribution in [3.8, 4) is 0 Å². The van der Waals surface area contributed by atoms with Crippen LogP contribution in [0.3, 0.4) is 0 Å². The first-order valence-corrected chi connectivity index (χ1v) is 7.77. The van der Waals surface area contributed by atoms with Gasteiger partial charge in [0.15, 0.2) is 0 Å². The molecule has 1 saturated heterocycles. The number of rotatable bonds is 5. The molecule has 0 bridgehead atoms. The molecule has 1 fully saturated rings. The minimum atomic E-state index is -3.24. The van der Waals surface area contributed by atoms with Crippen molar-refractivity contribution >= 4 is 10.0 Å². The van der Waals surface area contributed by atoms with Crippen LogP contribution >= 0.6 is 0 Å². The molecular weight excluding hydrogens is 240 g/mol. The molecule has 0 radical (unpaired) electrons. The summed E-state index contributed by atoms with van der Waals surface area (Å²) in [5.41, 5.74) is -0.878. The molecule has 0 aromatic heterocycles. The van der Waals surface area contributed by atoms with Gasteiger partial charge in [0.25, 0.3) is 0 Å². The summed E-state index contributed by atoms with van der Waals surface area (Å²) in [5, 5.41) is 13.0. The molecule has 1 atom stereocenters. The average Bonchev–Trinajstić information content (AvgIpc) is 2.15. The Morgan fingerprint density at radius 2 is 2.12 bits per heavy atom. The molecule has 2 N–H and O–H groups in total. The molecule has 1 rings (SSSR count). The van der Waals surface area contributed by atoms with Crippen molar-refractivity contribution in [2.45, 2.75) is 45.3 Å². The first-order chi connectivity index (χ1) is 7.73. The number of hydrogen-bond donors (Lipinski definition) is 2. The molecule has 0 saturated carbocycles. The summed E-state index contributed by atoms with van der Waals surface area (Å²) >= 11 is 0. The van der Waals surface area contributed by atoms with Crippen LogP contribution in [0, 0.1) is 0 Å². The van der Waals surface area contributed by atoms with E-state index >= 15 is 0 Å². The van der Waals surface area contributed by atoms with E-state index < -0.39 is 15.6 Å². The summed E-state index contributed by atoms with van der Waals surface area (Å²) in [6.45, 7) is 6.87. The van der Waals surface area contributed by atoms with E-state index in [4.69, 9.17) is 0 Å². The molecule has 1 aliphatic rings. The highest BCUT2D eigenvalue weighted by Gasteiger charge is 2.34. The molecule has 1 unspecified atom stereocenters. The second-order valence-corrected chi connectivity index (χ2v) is 7.45. The lowest BCUT2D eigenvalue weighted by atomic mass is 9.97. The Balaban J connectivity index is 2.52. The van der Waals surface area contributed by atoms with E-state index in [1.165, 1.54) is 4.31 Å². The molecule has 0 amide bonds. The average molecular weight is 264 g/mol. The van der Waals surface area contributed by atoms with E-state index in [1.54, 1.807) is 6.92 Å². The molecule has 1 heterocycles. The molecule has 102 valence electrons. The normalized spacial score (nSPS) is 27.6. The van der Waals surface area contributed by atoms with Gasteiger partial charge in [-0.2, -0.15) is 4.31 Å². The number of aliphatic hydroxyl groups is 1. The summed E-state index contributed by atoms with van der Waals surface area (Å²) in [6, 6.07) is 0.287. The first-order valence-electron chi connectivity index (χ1n) is 6.16. The Kier molecular flexibility index (Phi) is 4.95. The fourth-order valence-corrected chi connectivity index (χ4v) is 3.53. The Morgan fingerprint density at radius 3 is 2.65 bits per heavy atom. The smallest absolute Gasteiger partial charge is 0.215 e. The topological polar surface area (TPSA) is 69.6 Å². The van der Waals surface area contributed by atoms with Crippen LogP contribution in [-0.4, -0.2) is 54.9 Å². The highest BCUT2D eigenvalue weighted by Crippen LogP contribution is 2.22. The minimum Gasteiger partial charge on any atom is -0.389 e. The fourth-order valence-electron chi connectivity index (χ4n) is 2.02. The third-order valence-corrected chi connectivity index (χ3v) is 4.76. The number of nitrogens with zero attached hydrogens (tertiary/aromatic N) is 1. The lowest BCUT2D eigenvalue weighted by Crippen LogP contribution is -2.50. The third-order valence-electron chi connectivity index (χ3n) is 2.95. The summed E-state index contributed by atoms with van der Waals surface area (Å²) < 4.78 is 25.5. The van der Waals surface area contributed by atoms with E-state index in [-0.39, 0.29) is 18.3 Å². The zero-order chi connectivity index (χ0) is 13.1. The van der Waals surface area contributed by atoms with Crippen molar-refractivity contribution in [2.75, 3.05) is 25.4 Å². The second kappa shape index (κ2) is 5.65. The highest BCUT2D eigenvalue weighted by molar-refractivity contribution is 7.89. The molecule has 17 heavy (non-hydrogen) atoms.